The number of nitrogens with two attached hydrogens (primary N) is 1. The lowest BCUT2D eigenvalue weighted by molar-refractivity contribution is -0.136. The van der Waals surface area contributed by atoms with Crippen LogP contribution in [0.2, 0.25) is 0 Å². The van der Waals surface area contributed by atoms with Gasteiger partial charge in [0.05, 0.1) is 16.8 Å². The summed E-state index contributed by atoms with van der Waals surface area (Å²) in [4.78, 5) is 14.2. The molecule has 0 aromatic heterocycles. The van der Waals surface area contributed by atoms with Crippen LogP contribution in [0.15, 0.2) is 18.2 Å². The molecular weight excluding hydrogens is 281 g/mol. The number of rotatable bonds is 4. The largest absolute Gasteiger partial charge is 0.418 e. The summed E-state index contributed by atoms with van der Waals surface area (Å²) in [5.74, 6) is -0.156. The topological polar surface area (TPSA) is 46.3 Å². The fraction of sp³-hybridized carbons (Fsp3) is 0.533. The zero-order valence-corrected chi connectivity index (χ0v) is 12.1. The third kappa shape index (κ3) is 3.49. The van der Waals surface area contributed by atoms with Gasteiger partial charge < -0.3 is 10.6 Å². The number of anilines is 1. The number of benzene rings is 1. The SMILES string of the molecule is CC(C)CN(C(=O)c1cccc(C(F)(F)F)c1N)C1CC1. The zero-order valence-electron chi connectivity index (χ0n) is 12.1. The molecule has 1 aliphatic rings. The number of hydrogen-bond donors (Lipinski definition) is 1. The van der Waals surface area contributed by atoms with Crippen molar-refractivity contribution in [3.05, 3.63) is 29.3 Å². The van der Waals surface area contributed by atoms with Crippen LogP contribution in [0.1, 0.15) is 42.6 Å². The highest BCUT2D eigenvalue weighted by molar-refractivity contribution is 6.00. The molecule has 3 nitrogen and oxygen atoms in total. The molecule has 1 aromatic rings. The van der Waals surface area contributed by atoms with Gasteiger partial charge in [-0.3, -0.25) is 4.79 Å². The van der Waals surface area contributed by atoms with Crippen LogP contribution in [0, 0.1) is 5.92 Å². The number of nitrogens with zero attached hydrogens (tertiary/aromatic N) is 1. The molecule has 1 saturated carbocycles. The molecule has 0 unspecified atom stereocenters. The minimum absolute atomic E-state index is 0.0580. The van der Waals surface area contributed by atoms with Crippen molar-refractivity contribution in [2.24, 2.45) is 5.92 Å². The van der Waals surface area contributed by atoms with E-state index in [0.717, 1.165) is 18.9 Å². The Morgan fingerprint density at radius 2 is 2.00 bits per heavy atom. The maximum Gasteiger partial charge on any atom is 0.418 e. The summed E-state index contributed by atoms with van der Waals surface area (Å²) in [5.41, 5.74) is 4.10. The molecular formula is C15H19F3N2O. The third-order valence-corrected chi connectivity index (χ3v) is 3.45. The van der Waals surface area contributed by atoms with Gasteiger partial charge in [-0.05, 0) is 30.9 Å². The Labute approximate surface area is 121 Å². The normalized spacial score (nSPS) is 15.3. The van der Waals surface area contributed by atoms with Crippen molar-refractivity contribution < 1.29 is 18.0 Å². The molecule has 6 heteroatoms. The van der Waals surface area contributed by atoms with Gasteiger partial charge in [0.1, 0.15) is 0 Å². The summed E-state index contributed by atoms with van der Waals surface area (Å²) in [6, 6.07) is 3.62. The molecule has 21 heavy (non-hydrogen) atoms. The predicted molar refractivity (Wildman–Crippen MR) is 74.8 cm³/mol. The van der Waals surface area contributed by atoms with Gasteiger partial charge in [-0.15, -0.1) is 0 Å². The maximum absolute atomic E-state index is 12.9. The molecule has 0 saturated heterocycles. The van der Waals surface area contributed by atoms with Crippen molar-refractivity contribution in [1.82, 2.24) is 4.90 Å². The Kier molecular flexibility index (Phi) is 4.16. The van der Waals surface area contributed by atoms with Gasteiger partial charge in [-0.2, -0.15) is 13.2 Å². The first-order chi connectivity index (χ1) is 9.71. The van der Waals surface area contributed by atoms with E-state index in [4.69, 9.17) is 5.73 Å². The average Bonchev–Trinajstić information content (AvgIpc) is 3.18. The quantitative estimate of drug-likeness (QED) is 0.864. The Bertz CT molecular complexity index is 536. The van der Waals surface area contributed by atoms with Crippen molar-refractivity contribution >= 4 is 11.6 Å². The predicted octanol–water partition coefficient (Wildman–Crippen LogP) is 3.55. The van der Waals surface area contributed by atoms with Crippen LogP contribution < -0.4 is 5.73 Å². The highest BCUT2D eigenvalue weighted by Crippen LogP contribution is 2.36. The summed E-state index contributed by atoms with van der Waals surface area (Å²) < 4.78 is 38.6. The molecule has 0 radical (unpaired) electrons. The Morgan fingerprint density at radius 1 is 1.38 bits per heavy atom. The summed E-state index contributed by atoms with van der Waals surface area (Å²) in [6.07, 6.45) is -2.75. The van der Waals surface area contributed by atoms with Crippen LogP contribution in [0.5, 0.6) is 0 Å². The fourth-order valence-electron chi connectivity index (χ4n) is 2.33. The van der Waals surface area contributed by atoms with E-state index in [1.165, 1.54) is 12.1 Å². The maximum atomic E-state index is 12.9. The monoisotopic (exact) mass is 300 g/mol. The fourth-order valence-corrected chi connectivity index (χ4v) is 2.33. The van der Waals surface area contributed by atoms with E-state index < -0.39 is 23.3 Å². The minimum atomic E-state index is -4.55. The van der Waals surface area contributed by atoms with Crippen molar-refractivity contribution in [2.45, 2.75) is 38.9 Å². The van der Waals surface area contributed by atoms with Crippen molar-refractivity contribution in [3.8, 4) is 0 Å². The van der Waals surface area contributed by atoms with Crippen LogP contribution >= 0.6 is 0 Å². The number of amides is 1. The number of nitrogen functional groups attached to an aromatic ring is 1. The van der Waals surface area contributed by atoms with Crippen molar-refractivity contribution in [2.75, 3.05) is 12.3 Å². The van der Waals surface area contributed by atoms with Gasteiger partial charge in [0.2, 0.25) is 0 Å². The van der Waals surface area contributed by atoms with Crippen LogP contribution in [0.25, 0.3) is 0 Å². The van der Waals surface area contributed by atoms with Gasteiger partial charge in [0.25, 0.3) is 5.91 Å². The molecule has 0 aliphatic heterocycles. The van der Waals surface area contributed by atoms with Gasteiger partial charge in [0, 0.05) is 12.6 Å². The number of halogens is 3. The Balaban J connectivity index is 2.34. The minimum Gasteiger partial charge on any atom is -0.398 e. The number of carbonyl (C=O) groups excluding carboxylic acids is 1. The number of para-hydroxylation sites is 1. The van der Waals surface area contributed by atoms with E-state index in [1.54, 1.807) is 4.90 Å². The Morgan fingerprint density at radius 3 is 2.48 bits per heavy atom. The molecule has 2 N–H and O–H groups in total. The summed E-state index contributed by atoms with van der Waals surface area (Å²) in [5, 5.41) is 0. The van der Waals surface area contributed by atoms with Crippen LogP contribution in [-0.2, 0) is 6.18 Å². The standard InChI is InChI=1S/C15H19F3N2O/c1-9(2)8-20(10-6-7-10)14(21)11-4-3-5-12(13(11)19)15(16,17)18/h3-5,9-10H,6-8,19H2,1-2H3. The Hall–Kier alpha value is -1.72. The van der Waals surface area contributed by atoms with E-state index >= 15 is 0 Å². The van der Waals surface area contributed by atoms with E-state index in [2.05, 4.69) is 0 Å². The second-order valence-corrected chi connectivity index (χ2v) is 5.85. The lowest BCUT2D eigenvalue weighted by Gasteiger charge is -2.25. The zero-order chi connectivity index (χ0) is 15.8. The third-order valence-electron chi connectivity index (χ3n) is 3.45. The summed E-state index contributed by atoms with van der Waals surface area (Å²) in [6.45, 7) is 4.47. The van der Waals surface area contributed by atoms with E-state index in [1.807, 2.05) is 13.8 Å². The molecule has 0 bridgehead atoms. The van der Waals surface area contributed by atoms with E-state index in [0.29, 0.717) is 6.54 Å². The highest BCUT2D eigenvalue weighted by Gasteiger charge is 2.37. The summed E-state index contributed by atoms with van der Waals surface area (Å²) in [7, 11) is 0. The molecule has 2 rings (SSSR count). The van der Waals surface area contributed by atoms with Gasteiger partial charge in [0.15, 0.2) is 0 Å². The lowest BCUT2D eigenvalue weighted by Crippen LogP contribution is -2.36. The van der Waals surface area contributed by atoms with Gasteiger partial charge in [-0.25, -0.2) is 0 Å². The number of carbonyl (C=O) groups is 1. The van der Waals surface area contributed by atoms with Crippen LogP contribution in [-0.4, -0.2) is 23.4 Å². The first-order valence-electron chi connectivity index (χ1n) is 6.98. The van der Waals surface area contributed by atoms with Crippen molar-refractivity contribution in [3.63, 3.8) is 0 Å². The lowest BCUT2D eigenvalue weighted by atomic mass is 10.0. The highest BCUT2D eigenvalue weighted by atomic mass is 19.4. The first-order valence-corrected chi connectivity index (χ1v) is 6.98. The molecule has 1 aliphatic carbocycles. The second kappa shape index (κ2) is 5.58. The smallest absolute Gasteiger partial charge is 0.398 e. The molecule has 1 amide bonds. The van der Waals surface area contributed by atoms with Gasteiger partial charge in [-0.1, -0.05) is 19.9 Å². The van der Waals surface area contributed by atoms with Gasteiger partial charge >= 0.3 is 6.18 Å². The average molecular weight is 300 g/mol. The second-order valence-electron chi connectivity index (χ2n) is 5.85. The molecule has 0 spiro atoms. The number of alkyl halides is 3. The molecule has 0 atom stereocenters. The molecule has 1 fully saturated rings. The molecule has 0 heterocycles. The van der Waals surface area contributed by atoms with E-state index in [9.17, 15) is 18.0 Å². The molecule has 116 valence electrons. The first kappa shape index (κ1) is 15.7. The van der Waals surface area contributed by atoms with E-state index in [-0.39, 0.29) is 17.5 Å². The van der Waals surface area contributed by atoms with Crippen LogP contribution in [0.4, 0.5) is 18.9 Å². The number of hydrogen-bond acceptors (Lipinski definition) is 2. The van der Waals surface area contributed by atoms with Crippen LogP contribution in [0.3, 0.4) is 0 Å². The summed E-state index contributed by atoms with van der Waals surface area (Å²) >= 11 is 0. The van der Waals surface area contributed by atoms with Crippen molar-refractivity contribution in [1.29, 1.82) is 0 Å². The molecule has 1 aromatic carbocycles.